The average molecular weight is 435 g/mol. The molecule has 0 bridgehead atoms. The Hall–Kier alpha value is -3.49. The van der Waals surface area contributed by atoms with E-state index in [1.807, 2.05) is 43.6 Å². The molecule has 2 nitrogen and oxygen atoms in total. The third-order valence-corrected chi connectivity index (χ3v) is 6.31. The summed E-state index contributed by atoms with van der Waals surface area (Å²) >= 11 is 7.02. The summed E-state index contributed by atoms with van der Waals surface area (Å²) in [4.78, 5) is 9.26. The highest BCUT2D eigenvalue weighted by Crippen LogP contribution is 2.39. The van der Waals surface area contributed by atoms with Gasteiger partial charge in [0.25, 0.3) is 0 Å². The van der Waals surface area contributed by atoms with Crippen molar-refractivity contribution in [2.45, 2.75) is 19.8 Å². The van der Waals surface area contributed by atoms with Gasteiger partial charge in [0.15, 0.2) is 0 Å². The van der Waals surface area contributed by atoms with Crippen molar-refractivity contribution < 1.29 is 0 Å². The van der Waals surface area contributed by atoms with E-state index in [0.29, 0.717) is 0 Å². The molecule has 32 heavy (non-hydrogen) atoms. The molecule has 0 aliphatic carbocycles. The van der Waals surface area contributed by atoms with Crippen LogP contribution in [0.4, 0.5) is 0 Å². The molecule has 5 aromatic rings. The number of hydrogen-bond acceptors (Lipinski definition) is 2. The van der Waals surface area contributed by atoms with E-state index in [9.17, 15) is 0 Å². The topological polar surface area (TPSA) is 25.8 Å². The van der Waals surface area contributed by atoms with E-state index in [1.54, 1.807) is 0 Å². The Balaban J connectivity index is 1.73. The highest BCUT2D eigenvalue weighted by atomic mass is 35.5. The van der Waals surface area contributed by atoms with Crippen LogP contribution in [0.15, 0.2) is 97.3 Å². The Kier molecular flexibility index (Phi) is 5.46. The highest BCUT2D eigenvalue weighted by molar-refractivity contribution is 6.38. The van der Waals surface area contributed by atoms with Gasteiger partial charge in [-0.2, -0.15) is 0 Å². The average Bonchev–Trinajstić information content (AvgIpc) is 2.81. The Bertz CT molecular complexity index is 1400. The standard InChI is InChI=1S/C29H23ClN2/c1-19-8-6-11-22(16-19)28(24-12-7-15-31-18-24)23-13-14-26-25(17-23)29(30)27(20(2)32-26)21-9-4-3-5-10-21/h3-18,28H,1-2H3. The van der Waals surface area contributed by atoms with Crippen molar-refractivity contribution in [3.63, 3.8) is 0 Å². The lowest BCUT2D eigenvalue weighted by Crippen LogP contribution is -2.04. The summed E-state index contributed by atoms with van der Waals surface area (Å²) in [5.41, 5.74) is 8.70. The molecule has 0 N–H and O–H groups in total. The van der Waals surface area contributed by atoms with Crippen LogP contribution in [0.5, 0.6) is 0 Å². The van der Waals surface area contributed by atoms with E-state index in [4.69, 9.17) is 16.6 Å². The molecule has 3 aromatic carbocycles. The molecule has 0 spiro atoms. The molecule has 1 atom stereocenters. The van der Waals surface area contributed by atoms with E-state index in [2.05, 4.69) is 72.6 Å². The number of hydrogen-bond donors (Lipinski definition) is 0. The van der Waals surface area contributed by atoms with E-state index >= 15 is 0 Å². The first-order valence-corrected chi connectivity index (χ1v) is 11.1. The number of benzene rings is 3. The molecule has 0 saturated heterocycles. The van der Waals surface area contributed by atoms with Gasteiger partial charge in [-0.15, -0.1) is 0 Å². The highest BCUT2D eigenvalue weighted by Gasteiger charge is 2.20. The minimum atomic E-state index is 0.0607. The Labute approximate surface area is 193 Å². The molecule has 0 fully saturated rings. The summed E-state index contributed by atoms with van der Waals surface area (Å²) in [6, 6.07) is 29.4. The first-order valence-electron chi connectivity index (χ1n) is 10.7. The minimum Gasteiger partial charge on any atom is -0.264 e. The second-order valence-corrected chi connectivity index (χ2v) is 8.54. The maximum Gasteiger partial charge on any atom is 0.0720 e. The third-order valence-electron chi connectivity index (χ3n) is 5.92. The second kappa shape index (κ2) is 8.57. The molecular formula is C29H23ClN2. The van der Waals surface area contributed by atoms with Crippen molar-refractivity contribution in [3.8, 4) is 11.1 Å². The number of pyridine rings is 2. The zero-order valence-corrected chi connectivity index (χ0v) is 18.8. The predicted molar refractivity (Wildman–Crippen MR) is 133 cm³/mol. The quantitative estimate of drug-likeness (QED) is 0.289. The first kappa shape index (κ1) is 20.4. The number of aryl methyl sites for hydroxylation is 2. The number of nitrogens with zero attached hydrogens (tertiary/aromatic N) is 2. The zero-order valence-electron chi connectivity index (χ0n) is 18.1. The third kappa shape index (κ3) is 3.79. The van der Waals surface area contributed by atoms with Gasteiger partial charge >= 0.3 is 0 Å². The van der Waals surface area contributed by atoms with Gasteiger partial charge in [0.05, 0.1) is 10.5 Å². The van der Waals surface area contributed by atoms with Crippen molar-refractivity contribution in [1.82, 2.24) is 9.97 Å². The van der Waals surface area contributed by atoms with Crippen LogP contribution in [0.3, 0.4) is 0 Å². The van der Waals surface area contributed by atoms with E-state index in [-0.39, 0.29) is 5.92 Å². The first-order chi connectivity index (χ1) is 15.6. The van der Waals surface area contributed by atoms with Crippen molar-refractivity contribution in [3.05, 3.63) is 130 Å². The van der Waals surface area contributed by atoms with Crippen LogP contribution < -0.4 is 0 Å². The van der Waals surface area contributed by atoms with Gasteiger partial charge in [-0.25, -0.2) is 0 Å². The lowest BCUT2D eigenvalue weighted by molar-refractivity contribution is 0.963. The molecule has 0 aliphatic heterocycles. The van der Waals surface area contributed by atoms with Crippen molar-refractivity contribution >= 4 is 22.5 Å². The SMILES string of the molecule is Cc1cccc(C(c2cccnc2)c2ccc3nc(C)c(-c4ccccc4)c(Cl)c3c2)c1. The summed E-state index contributed by atoms with van der Waals surface area (Å²) in [6.45, 7) is 4.15. The van der Waals surface area contributed by atoms with E-state index in [1.165, 1.54) is 16.7 Å². The van der Waals surface area contributed by atoms with Crippen LogP contribution in [0, 0.1) is 13.8 Å². The molecule has 5 rings (SSSR count). The van der Waals surface area contributed by atoms with Crippen LogP contribution in [-0.4, -0.2) is 9.97 Å². The van der Waals surface area contributed by atoms with Crippen molar-refractivity contribution in [2.75, 3.05) is 0 Å². The molecule has 0 radical (unpaired) electrons. The van der Waals surface area contributed by atoms with Crippen LogP contribution in [-0.2, 0) is 0 Å². The molecule has 2 aromatic heterocycles. The van der Waals surface area contributed by atoms with Gasteiger partial charge < -0.3 is 0 Å². The smallest absolute Gasteiger partial charge is 0.0720 e. The lowest BCUT2D eigenvalue weighted by Gasteiger charge is -2.20. The number of fused-ring (bicyclic) bond motifs is 1. The fraction of sp³-hybridized carbons (Fsp3) is 0.103. The van der Waals surface area contributed by atoms with Gasteiger partial charge in [-0.3, -0.25) is 9.97 Å². The zero-order chi connectivity index (χ0) is 22.1. The fourth-order valence-electron chi connectivity index (χ4n) is 4.45. The summed E-state index contributed by atoms with van der Waals surface area (Å²) in [5, 5.41) is 1.71. The predicted octanol–water partition coefficient (Wildman–Crippen LogP) is 7.75. The summed E-state index contributed by atoms with van der Waals surface area (Å²) in [6.07, 6.45) is 3.76. The monoisotopic (exact) mass is 434 g/mol. The molecule has 0 aliphatic rings. The van der Waals surface area contributed by atoms with Crippen LogP contribution in [0.2, 0.25) is 5.02 Å². The molecule has 2 heterocycles. The Morgan fingerprint density at radius 3 is 2.28 bits per heavy atom. The summed E-state index contributed by atoms with van der Waals surface area (Å²) < 4.78 is 0. The van der Waals surface area contributed by atoms with Crippen molar-refractivity contribution in [2.24, 2.45) is 0 Å². The van der Waals surface area contributed by atoms with Crippen LogP contribution in [0.25, 0.3) is 22.0 Å². The van der Waals surface area contributed by atoms with Crippen LogP contribution >= 0.6 is 11.6 Å². The molecule has 156 valence electrons. The second-order valence-electron chi connectivity index (χ2n) is 8.16. The number of halogens is 1. The molecule has 0 amide bonds. The largest absolute Gasteiger partial charge is 0.264 e. The Morgan fingerprint density at radius 2 is 1.53 bits per heavy atom. The van der Waals surface area contributed by atoms with Gasteiger partial charge in [0.1, 0.15) is 0 Å². The summed E-state index contributed by atoms with van der Waals surface area (Å²) in [5.74, 6) is 0.0607. The maximum absolute atomic E-state index is 7.02. The van der Waals surface area contributed by atoms with Gasteiger partial charge in [-0.05, 0) is 54.3 Å². The van der Waals surface area contributed by atoms with Gasteiger partial charge in [-0.1, -0.05) is 83.9 Å². The van der Waals surface area contributed by atoms with Crippen molar-refractivity contribution in [1.29, 1.82) is 0 Å². The number of aromatic nitrogens is 2. The van der Waals surface area contributed by atoms with E-state index in [0.717, 1.165) is 38.3 Å². The Morgan fingerprint density at radius 1 is 0.750 bits per heavy atom. The molecule has 0 saturated carbocycles. The summed E-state index contributed by atoms with van der Waals surface area (Å²) in [7, 11) is 0. The normalized spacial score (nSPS) is 12.1. The molecule has 1 unspecified atom stereocenters. The lowest BCUT2D eigenvalue weighted by atomic mass is 9.84. The maximum atomic E-state index is 7.02. The van der Waals surface area contributed by atoms with Gasteiger partial charge in [0, 0.05) is 35.0 Å². The number of rotatable bonds is 4. The molecular weight excluding hydrogens is 412 g/mol. The van der Waals surface area contributed by atoms with E-state index < -0.39 is 0 Å². The van der Waals surface area contributed by atoms with Crippen LogP contribution in [0.1, 0.15) is 33.9 Å². The van der Waals surface area contributed by atoms with Gasteiger partial charge in [0.2, 0.25) is 0 Å². The molecule has 3 heteroatoms. The fourth-order valence-corrected chi connectivity index (χ4v) is 4.85. The minimum absolute atomic E-state index is 0.0607.